The van der Waals surface area contributed by atoms with Crippen LogP contribution in [0.2, 0.25) is 5.02 Å². The molecule has 0 spiro atoms. The second-order valence-corrected chi connectivity index (χ2v) is 5.94. The van der Waals surface area contributed by atoms with Crippen molar-refractivity contribution in [1.82, 2.24) is 5.43 Å². The van der Waals surface area contributed by atoms with E-state index in [9.17, 15) is 10.1 Å². The second kappa shape index (κ2) is 8.37. The van der Waals surface area contributed by atoms with Crippen LogP contribution in [0.25, 0.3) is 11.3 Å². The summed E-state index contributed by atoms with van der Waals surface area (Å²) in [4.78, 5) is 10.4. The van der Waals surface area contributed by atoms with Gasteiger partial charge < -0.3 is 14.6 Å². The van der Waals surface area contributed by atoms with Gasteiger partial charge in [-0.25, -0.2) is 0 Å². The molecular formula is C19H16ClN3O4. The molecule has 0 aliphatic rings. The standard InChI is InChI=1S/C19H16ClN3O4/c1-26-19-10-14(23(24)25)6-8-16(19)18-9-7-15(27-18)12-22-21-11-13-4-2-3-5-17(13)20/h2-10,12,21H,11H2,1H3/b22-12-. The lowest BCUT2D eigenvalue weighted by molar-refractivity contribution is -0.384. The third kappa shape index (κ3) is 4.45. The molecule has 2 aromatic carbocycles. The van der Waals surface area contributed by atoms with E-state index in [1.54, 1.807) is 18.2 Å². The van der Waals surface area contributed by atoms with Crippen molar-refractivity contribution in [3.8, 4) is 17.1 Å². The number of ether oxygens (including phenoxy) is 1. The maximum Gasteiger partial charge on any atom is 0.273 e. The molecule has 0 saturated carbocycles. The summed E-state index contributed by atoms with van der Waals surface area (Å²) in [6.45, 7) is 0.486. The van der Waals surface area contributed by atoms with Crippen LogP contribution in [0.15, 0.2) is 64.1 Å². The van der Waals surface area contributed by atoms with E-state index < -0.39 is 4.92 Å². The number of nitrogens with zero attached hydrogens (tertiary/aromatic N) is 2. The monoisotopic (exact) mass is 385 g/mol. The summed E-state index contributed by atoms with van der Waals surface area (Å²) in [6.07, 6.45) is 1.54. The average Bonchev–Trinajstić information content (AvgIpc) is 3.14. The van der Waals surface area contributed by atoms with E-state index >= 15 is 0 Å². The Bertz CT molecular complexity index is 985. The highest BCUT2D eigenvalue weighted by Gasteiger charge is 2.15. The Labute approximate surface area is 160 Å². The predicted octanol–water partition coefficient (Wildman–Crippen LogP) is 4.64. The van der Waals surface area contributed by atoms with E-state index in [0.29, 0.717) is 34.4 Å². The van der Waals surface area contributed by atoms with Gasteiger partial charge in [0, 0.05) is 11.1 Å². The molecule has 1 aromatic heterocycles. The van der Waals surface area contributed by atoms with Gasteiger partial charge in [-0.1, -0.05) is 29.8 Å². The lowest BCUT2D eigenvalue weighted by Crippen LogP contribution is -2.05. The number of hydrogen-bond donors (Lipinski definition) is 1. The molecule has 3 rings (SSSR count). The zero-order valence-corrected chi connectivity index (χ0v) is 15.1. The van der Waals surface area contributed by atoms with Crippen LogP contribution in [0.5, 0.6) is 5.75 Å². The Morgan fingerprint density at radius 2 is 2.07 bits per heavy atom. The van der Waals surface area contributed by atoms with Crippen molar-refractivity contribution >= 4 is 23.5 Å². The summed E-state index contributed by atoms with van der Waals surface area (Å²) >= 11 is 6.09. The van der Waals surface area contributed by atoms with Crippen LogP contribution in [0.3, 0.4) is 0 Å². The molecule has 8 heteroatoms. The molecular weight excluding hydrogens is 370 g/mol. The Hall–Kier alpha value is -3.32. The van der Waals surface area contributed by atoms with Crippen molar-refractivity contribution in [3.63, 3.8) is 0 Å². The molecule has 0 aliphatic carbocycles. The summed E-state index contributed by atoms with van der Waals surface area (Å²) < 4.78 is 11.0. The first-order valence-electron chi connectivity index (χ1n) is 8.00. The summed E-state index contributed by atoms with van der Waals surface area (Å²) in [5.74, 6) is 1.41. The van der Waals surface area contributed by atoms with Gasteiger partial charge in [0.25, 0.3) is 5.69 Å². The number of nitro benzene ring substituents is 1. The van der Waals surface area contributed by atoms with Crippen molar-refractivity contribution in [1.29, 1.82) is 0 Å². The molecule has 1 N–H and O–H groups in total. The van der Waals surface area contributed by atoms with Gasteiger partial charge in [-0.2, -0.15) is 5.10 Å². The average molecular weight is 386 g/mol. The van der Waals surface area contributed by atoms with Gasteiger partial charge in [0.1, 0.15) is 17.3 Å². The number of methoxy groups -OCH3 is 1. The fraction of sp³-hybridized carbons (Fsp3) is 0.105. The van der Waals surface area contributed by atoms with E-state index in [-0.39, 0.29) is 5.69 Å². The highest BCUT2D eigenvalue weighted by molar-refractivity contribution is 6.31. The molecule has 0 radical (unpaired) electrons. The van der Waals surface area contributed by atoms with Gasteiger partial charge in [0.05, 0.1) is 36.4 Å². The summed E-state index contributed by atoms with van der Waals surface area (Å²) in [6, 6.07) is 15.3. The van der Waals surface area contributed by atoms with Gasteiger partial charge in [-0.15, -0.1) is 0 Å². The van der Waals surface area contributed by atoms with E-state index in [1.807, 2.05) is 24.3 Å². The molecule has 138 valence electrons. The number of hydrazone groups is 1. The molecule has 0 unspecified atom stereocenters. The van der Waals surface area contributed by atoms with Crippen LogP contribution < -0.4 is 10.2 Å². The minimum Gasteiger partial charge on any atom is -0.496 e. The van der Waals surface area contributed by atoms with Gasteiger partial charge >= 0.3 is 0 Å². The van der Waals surface area contributed by atoms with Crippen LogP contribution in [0, 0.1) is 10.1 Å². The molecule has 1 heterocycles. The van der Waals surface area contributed by atoms with Crippen molar-refractivity contribution < 1.29 is 14.1 Å². The summed E-state index contributed by atoms with van der Waals surface area (Å²) in [5.41, 5.74) is 4.41. The Morgan fingerprint density at radius 1 is 1.26 bits per heavy atom. The number of rotatable bonds is 7. The van der Waals surface area contributed by atoms with Crippen LogP contribution in [0.1, 0.15) is 11.3 Å². The van der Waals surface area contributed by atoms with Gasteiger partial charge in [-0.3, -0.25) is 10.1 Å². The smallest absolute Gasteiger partial charge is 0.273 e. The quantitative estimate of drug-likeness (QED) is 0.363. The van der Waals surface area contributed by atoms with E-state index in [4.69, 9.17) is 20.8 Å². The number of nitrogens with one attached hydrogen (secondary N) is 1. The van der Waals surface area contributed by atoms with E-state index in [2.05, 4.69) is 10.5 Å². The molecule has 7 nitrogen and oxygen atoms in total. The number of benzene rings is 2. The van der Waals surface area contributed by atoms with Crippen molar-refractivity contribution in [2.24, 2.45) is 5.10 Å². The molecule has 0 fully saturated rings. The summed E-state index contributed by atoms with van der Waals surface area (Å²) in [7, 11) is 1.45. The Kier molecular flexibility index (Phi) is 5.73. The van der Waals surface area contributed by atoms with Crippen LogP contribution in [-0.4, -0.2) is 18.2 Å². The number of halogens is 1. The molecule has 3 aromatic rings. The minimum atomic E-state index is -0.475. The predicted molar refractivity (Wildman–Crippen MR) is 103 cm³/mol. The lowest BCUT2D eigenvalue weighted by Gasteiger charge is -2.05. The minimum absolute atomic E-state index is 0.0484. The summed E-state index contributed by atoms with van der Waals surface area (Å²) in [5, 5.41) is 15.7. The van der Waals surface area contributed by atoms with Crippen LogP contribution in [0.4, 0.5) is 5.69 Å². The Balaban J connectivity index is 1.70. The molecule has 0 aliphatic heterocycles. The zero-order chi connectivity index (χ0) is 19.2. The maximum atomic E-state index is 10.9. The number of non-ortho nitro benzene ring substituents is 1. The molecule has 0 atom stereocenters. The molecule has 27 heavy (non-hydrogen) atoms. The Morgan fingerprint density at radius 3 is 2.81 bits per heavy atom. The van der Waals surface area contributed by atoms with E-state index in [1.165, 1.54) is 25.5 Å². The van der Waals surface area contributed by atoms with Gasteiger partial charge in [-0.05, 0) is 29.8 Å². The normalized spacial score (nSPS) is 10.9. The first-order chi connectivity index (χ1) is 13.1. The SMILES string of the molecule is COc1cc([N+](=O)[O-])ccc1-c1ccc(/C=N\NCc2ccccc2Cl)o1. The third-order valence-corrected chi connectivity index (χ3v) is 4.17. The third-order valence-electron chi connectivity index (χ3n) is 3.80. The van der Waals surface area contributed by atoms with Crippen LogP contribution in [-0.2, 0) is 6.54 Å². The molecule has 0 saturated heterocycles. The first-order valence-corrected chi connectivity index (χ1v) is 8.38. The first kappa shape index (κ1) is 18.5. The fourth-order valence-corrected chi connectivity index (χ4v) is 2.65. The highest BCUT2D eigenvalue weighted by atomic mass is 35.5. The number of hydrogen-bond acceptors (Lipinski definition) is 6. The van der Waals surface area contributed by atoms with Gasteiger partial charge in [0.2, 0.25) is 0 Å². The van der Waals surface area contributed by atoms with Crippen molar-refractivity contribution in [3.05, 3.63) is 81.1 Å². The largest absolute Gasteiger partial charge is 0.496 e. The van der Waals surface area contributed by atoms with Crippen molar-refractivity contribution in [2.75, 3.05) is 7.11 Å². The maximum absolute atomic E-state index is 10.9. The number of nitro groups is 1. The fourth-order valence-electron chi connectivity index (χ4n) is 2.45. The molecule has 0 amide bonds. The van der Waals surface area contributed by atoms with Crippen molar-refractivity contribution in [2.45, 2.75) is 6.54 Å². The van der Waals surface area contributed by atoms with Crippen LogP contribution >= 0.6 is 11.6 Å². The topological polar surface area (TPSA) is 89.9 Å². The zero-order valence-electron chi connectivity index (χ0n) is 14.4. The molecule has 0 bridgehead atoms. The van der Waals surface area contributed by atoms with Gasteiger partial charge in [0.15, 0.2) is 0 Å². The lowest BCUT2D eigenvalue weighted by atomic mass is 10.1. The van der Waals surface area contributed by atoms with E-state index in [0.717, 1.165) is 5.56 Å². The number of furan rings is 1. The highest BCUT2D eigenvalue weighted by Crippen LogP contribution is 2.34. The second-order valence-electron chi connectivity index (χ2n) is 5.53.